The second-order valence-electron chi connectivity index (χ2n) is 13.8. The van der Waals surface area contributed by atoms with Gasteiger partial charge in [0.15, 0.2) is 11.8 Å². The van der Waals surface area contributed by atoms with Gasteiger partial charge in [-0.1, -0.05) is 98.3 Å². The average Bonchev–Trinajstić information content (AvgIpc) is 3.33. The van der Waals surface area contributed by atoms with Crippen LogP contribution in [0.3, 0.4) is 0 Å². The lowest BCUT2D eigenvalue weighted by atomic mass is 9.68. The Balaban J connectivity index is 1.20. The molecule has 0 spiro atoms. The quantitative estimate of drug-likeness (QED) is 0.277. The Labute approximate surface area is 262 Å². The molecule has 4 aliphatic rings. The first-order valence-corrected chi connectivity index (χ1v) is 16.1. The summed E-state index contributed by atoms with van der Waals surface area (Å²) in [5.41, 5.74) is 10.6. The molecule has 0 radical (unpaired) electrons. The van der Waals surface area contributed by atoms with Gasteiger partial charge in [0.25, 0.3) is 0 Å². The number of fused-ring (bicyclic) bond motifs is 6. The van der Waals surface area contributed by atoms with E-state index < -0.39 is 0 Å². The van der Waals surface area contributed by atoms with Gasteiger partial charge in [0.05, 0.1) is 11.3 Å². The third-order valence-corrected chi connectivity index (χ3v) is 11.1. The minimum atomic E-state index is -0.102. The molecule has 0 amide bonds. The molecule has 0 saturated carbocycles. The zero-order chi connectivity index (χ0) is 30.1. The molecule has 3 aromatic carbocycles. The van der Waals surface area contributed by atoms with Crippen LogP contribution in [0.5, 0.6) is 0 Å². The number of anilines is 1. The fourth-order valence-corrected chi connectivity index (χ4v) is 8.79. The van der Waals surface area contributed by atoms with E-state index in [1.54, 1.807) is 0 Å². The van der Waals surface area contributed by atoms with Crippen molar-refractivity contribution in [3.63, 3.8) is 0 Å². The maximum absolute atomic E-state index is 7.17. The number of benzene rings is 3. The molecule has 2 unspecified atom stereocenters. The highest BCUT2D eigenvalue weighted by molar-refractivity contribution is 6.32. The minimum absolute atomic E-state index is 0.0133. The molecule has 2 heterocycles. The first kappa shape index (κ1) is 28.2. The predicted molar refractivity (Wildman–Crippen MR) is 184 cm³/mol. The predicted octanol–water partition coefficient (Wildman–Crippen LogP) is 9.91. The molecule has 0 N–H and O–H groups in total. The zero-order valence-electron chi connectivity index (χ0n) is 26.3. The Kier molecular flexibility index (Phi) is 6.71. The van der Waals surface area contributed by atoms with Crippen molar-refractivity contribution in [2.45, 2.75) is 64.3 Å². The van der Waals surface area contributed by atoms with E-state index in [0.717, 1.165) is 24.3 Å². The second kappa shape index (κ2) is 10.2. The normalized spacial score (nSPS) is 25.8. The summed E-state index contributed by atoms with van der Waals surface area (Å²) in [6.45, 7) is 9.50. The van der Waals surface area contributed by atoms with E-state index in [9.17, 15) is 0 Å². The molecule has 43 heavy (non-hydrogen) atoms. The highest BCUT2D eigenvalue weighted by Gasteiger charge is 2.54. The van der Waals surface area contributed by atoms with Crippen molar-refractivity contribution in [1.29, 1.82) is 0 Å². The van der Waals surface area contributed by atoms with Crippen molar-refractivity contribution in [2.75, 3.05) is 19.0 Å². The van der Waals surface area contributed by atoms with Crippen LogP contribution in [0.1, 0.15) is 69.6 Å². The molecule has 0 aromatic heterocycles. The van der Waals surface area contributed by atoms with E-state index in [0.29, 0.717) is 12.0 Å². The summed E-state index contributed by atoms with van der Waals surface area (Å²) in [4.78, 5) is 2.36. The Morgan fingerprint density at radius 1 is 0.907 bits per heavy atom. The van der Waals surface area contributed by atoms with Gasteiger partial charge in [-0.15, -0.1) is 0 Å². The number of likely N-dealkylation sites (N-methyl/N-ethyl adjacent to an activating group) is 2. The zero-order valence-corrected chi connectivity index (χ0v) is 27.0. The lowest BCUT2D eigenvalue weighted by Gasteiger charge is -2.29. The fourth-order valence-electron chi connectivity index (χ4n) is 8.48. The first-order valence-electron chi connectivity index (χ1n) is 15.7. The van der Waals surface area contributed by atoms with Gasteiger partial charge in [0.2, 0.25) is 0 Å². The monoisotopic (exact) mass is 585 g/mol. The topological polar surface area (TPSA) is 6.25 Å². The Morgan fingerprint density at radius 3 is 2.51 bits per heavy atom. The number of hydrogen-bond acceptors (Lipinski definition) is 1. The van der Waals surface area contributed by atoms with Crippen LogP contribution in [-0.2, 0) is 5.41 Å². The first-order chi connectivity index (χ1) is 20.6. The van der Waals surface area contributed by atoms with Gasteiger partial charge >= 0.3 is 0 Å². The van der Waals surface area contributed by atoms with E-state index in [2.05, 4.69) is 148 Å². The van der Waals surface area contributed by atoms with Crippen LogP contribution in [0.15, 0.2) is 113 Å². The van der Waals surface area contributed by atoms with E-state index in [-0.39, 0.29) is 10.8 Å². The summed E-state index contributed by atoms with van der Waals surface area (Å²) in [7, 11) is 4.45. The molecular weight excluding hydrogens is 544 g/mol. The summed E-state index contributed by atoms with van der Waals surface area (Å²) in [6, 6.07) is 22.5. The smallest absolute Gasteiger partial charge is 0.182 e. The lowest BCUT2D eigenvalue weighted by molar-refractivity contribution is -0.518. The van der Waals surface area contributed by atoms with Gasteiger partial charge in [0.1, 0.15) is 7.05 Å². The van der Waals surface area contributed by atoms with Crippen LogP contribution in [0.25, 0.3) is 16.8 Å². The van der Waals surface area contributed by atoms with Crippen molar-refractivity contribution < 1.29 is 4.58 Å². The summed E-state index contributed by atoms with van der Waals surface area (Å²) in [5, 5.41) is 3.56. The van der Waals surface area contributed by atoms with Gasteiger partial charge in [-0.2, -0.15) is 0 Å². The van der Waals surface area contributed by atoms with Crippen LogP contribution in [0.2, 0.25) is 0 Å². The third-order valence-electron chi connectivity index (χ3n) is 10.6. The molecule has 7 rings (SSSR count). The highest BCUT2D eigenvalue weighted by Crippen LogP contribution is 2.51. The number of halogens is 1. The van der Waals surface area contributed by atoms with Crippen LogP contribution in [0, 0.1) is 5.41 Å². The molecule has 0 bridgehead atoms. The SMILES string of the molecule is CN1/C(=C/C=C2\CCCC(/C=C/C3=[N+](C)C4C=Cc5ccccc5C4C3(C)C)=C2Cl)C(C)(C)c2c1ccc1ccccc21. The molecule has 0 saturated heterocycles. The lowest BCUT2D eigenvalue weighted by Crippen LogP contribution is -2.31. The number of nitrogens with zero attached hydrogens (tertiary/aromatic N) is 2. The molecule has 2 aliphatic carbocycles. The van der Waals surface area contributed by atoms with Gasteiger partial charge < -0.3 is 4.90 Å². The van der Waals surface area contributed by atoms with Crippen molar-refractivity contribution in [3.8, 4) is 0 Å². The maximum Gasteiger partial charge on any atom is 0.182 e. The number of allylic oxidation sites excluding steroid dienone is 8. The van der Waals surface area contributed by atoms with Gasteiger partial charge in [-0.25, -0.2) is 4.58 Å². The van der Waals surface area contributed by atoms with E-state index in [1.165, 1.54) is 55.7 Å². The van der Waals surface area contributed by atoms with Crippen LogP contribution < -0.4 is 4.90 Å². The number of rotatable bonds is 3. The minimum Gasteiger partial charge on any atom is -0.347 e. The van der Waals surface area contributed by atoms with E-state index in [1.807, 2.05) is 0 Å². The van der Waals surface area contributed by atoms with Gasteiger partial charge in [-0.3, -0.25) is 0 Å². The average molecular weight is 586 g/mol. The molecule has 2 nitrogen and oxygen atoms in total. The standard InChI is InChI=1S/C40H42ClN2/c1-39(2)34(42(5)32-22-18-26-12-7-9-16-30(26)36(32)39)24-20-28-14-11-15-29(38(28)41)21-25-35-40(3,4)37-31-17-10-8-13-27(31)19-23-33(37)43(35)6/h7-10,12-13,16-25,32,36H,11,14-15H2,1-6H3/q+1. The summed E-state index contributed by atoms with van der Waals surface area (Å²) in [6.07, 6.45) is 17.1. The van der Waals surface area contributed by atoms with Gasteiger partial charge in [0, 0.05) is 35.0 Å². The summed E-state index contributed by atoms with van der Waals surface area (Å²) < 4.78 is 2.48. The molecular formula is C40H42ClN2+. The van der Waals surface area contributed by atoms with Crippen molar-refractivity contribution in [3.05, 3.63) is 130 Å². The van der Waals surface area contributed by atoms with E-state index >= 15 is 0 Å². The second-order valence-corrected chi connectivity index (χ2v) is 14.2. The van der Waals surface area contributed by atoms with Crippen LogP contribution in [-0.4, -0.2) is 30.4 Å². The molecule has 2 aliphatic heterocycles. The molecule has 0 fully saturated rings. The van der Waals surface area contributed by atoms with Crippen LogP contribution in [0.4, 0.5) is 5.69 Å². The Hall–Kier alpha value is -3.62. The summed E-state index contributed by atoms with van der Waals surface area (Å²) in [5.74, 6) is 0.434. The Morgan fingerprint density at radius 2 is 1.67 bits per heavy atom. The number of hydrogen-bond donors (Lipinski definition) is 0. The van der Waals surface area contributed by atoms with Crippen molar-refractivity contribution >= 4 is 39.8 Å². The fraction of sp³-hybridized carbons (Fsp3) is 0.325. The largest absolute Gasteiger partial charge is 0.347 e. The summed E-state index contributed by atoms with van der Waals surface area (Å²) >= 11 is 7.17. The van der Waals surface area contributed by atoms with Crippen molar-refractivity contribution in [1.82, 2.24) is 0 Å². The third kappa shape index (κ3) is 4.32. The molecule has 3 aromatic rings. The molecule has 3 heteroatoms. The van der Waals surface area contributed by atoms with Gasteiger partial charge in [-0.05, 0) is 89.9 Å². The molecule has 218 valence electrons. The molecule has 2 atom stereocenters. The Bertz CT molecular complexity index is 1840. The maximum atomic E-state index is 7.17. The highest BCUT2D eigenvalue weighted by atomic mass is 35.5. The van der Waals surface area contributed by atoms with E-state index in [4.69, 9.17) is 11.6 Å². The van der Waals surface area contributed by atoms with Crippen molar-refractivity contribution in [2.24, 2.45) is 5.41 Å². The van der Waals surface area contributed by atoms with Crippen LogP contribution >= 0.6 is 11.6 Å².